The number of hydrogen-bond donors (Lipinski definition) is 3. The Bertz CT molecular complexity index is 105. The summed E-state index contributed by atoms with van der Waals surface area (Å²) in [6.07, 6.45) is 0. The molecule has 4 nitrogen and oxygen atoms in total. The van der Waals surface area contributed by atoms with Gasteiger partial charge in [0.05, 0.1) is 16.8 Å². The molecule has 0 aromatic rings. The molecule has 0 aliphatic carbocycles. The van der Waals surface area contributed by atoms with Gasteiger partial charge in [-0.15, -0.1) is 0 Å². The summed E-state index contributed by atoms with van der Waals surface area (Å²) < 4.78 is 8.19. The minimum absolute atomic E-state index is 0.500. The Balaban J connectivity index is -0.0000000693. The molecular weight excluding hydrogens is 259 g/mol. The van der Waals surface area contributed by atoms with Crippen LogP contribution in [0.5, 0.6) is 0 Å². The van der Waals surface area contributed by atoms with Crippen LogP contribution in [-0.4, -0.2) is 32.1 Å². The molecule has 0 saturated carbocycles. The molecular formula is C12H30O4V. The van der Waals surface area contributed by atoms with Gasteiger partial charge >= 0.3 is 21.0 Å². The summed E-state index contributed by atoms with van der Waals surface area (Å²) in [5, 5.41) is 25.6. The second kappa shape index (κ2) is 11.4. The molecule has 0 heterocycles. The van der Waals surface area contributed by atoms with E-state index in [-0.39, 0.29) is 0 Å². The standard InChI is InChI=1S/3C4H10O.O.V/c3*1-4(2,3)5;;/h3*5H,1-3H3;;. The van der Waals surface area contributed by atoms with Gasteiger partial charge < -0.3 is 15.3 Å². The van der Waals surface area contributed by atoms with Gasteiger partial charge in [0, 0.05) is 0 Å². The van der Waals surface area contributed by atoms with Crippen molar-refractivity contribution in [3.05, 3.63) is 0 Å². The number of rotatable bonds is 0. The van der Waals surface area contributed by atoms with Crippen molar-refractivity contribution in [2.45, 2.75) is 79.1 Å². The fourth-order valence-electron chi connectivity index (χ4n) is 0. The average Bonchev–Trinajstić information content (AvgIpc) is 1.77. The monoisotopic (exact) mass is 289 g/mol. The third-order valence-corrected chi connectivity index (χ3v) is 0. The SMILES string of the molecule is CC(C)(C)O.CC(C)(C)O.CC(C)(C)O.[O]=[V]. The molecule has 0 rings (SSSR count). The van der Waals surface area contributed by atoms with Gasteiger partial charge in [-0.1, -0.05) is 0 Å². The first kappa shape index (κ1) is 26.0. The van der Waals surface area contributed by atoms with E-state index >= 15 is 0 Å². The number of hydrogen-bond acceptors (Lipinski definition) is 4. The zero-order valence-electron chi connectivity index (χ0n) is 12.7. The molecule has 3 N–H and O–H groups in total. The Morgan fingerprint density at radius 2 is 0.529 bits per heavy atom. The van der Waals surface area contributed by atoms with Crippen molar-refractivity contribution in [1.29, 1.82) is 0 Å². The van der Waals surface area contributed by atoms with Gasteiger partial charge in [-0.05, 0) is 62.3 Å². The van der Waals surface area contributed by atoms with Crippen molar-refractivity contribution in [2.75, 3.05) is 0 Å². The van der Waals surface area contributed by atoms with Crippen LogP contribution < -0.4 is 0 Å². The number of aliphatic hydroxyl groups is 3. The summed E-state index contributed by atoms with van der Waals surface area (Å²) in [6.45, 7) is 15.7. The van der Waals surface area contributed by atoms with Gasteiger partial charge in [-0.3, -0.25) is 0 Å². The van der Waals surface area contributed by atoms with Gasteiger partial charge in [0.2, 0.25) is 0 Å². The topological polar surface area (TPSA) is 77.8 Å². The van der Waals surface area contributed by atoms with E-state index < -0.39 is 16.8 Å². The quantitative estimate of drug-likeness (QED) is 0.639. The van der Waals surface area contributed by atoms with Crippen LogP contribution in [0.3, 0.4) is 0 Å². The van der Waals surface area contributed by atoms with Crippen molar-refractivity contribution < 1.29 is 36.4 Å². The molecule has 0 radical (unpaired) electrons. The molecule has 0 bridgehead atoms. The maximum absolute atomic E-state index is 8.52. The molecule has 0 aromatic carbocycles. The van der Waals surface area contributed by atoms with E-state index in [0.717, 1.165) is 17.4 Å². The van der Waals surface area contributed by atoms with Crippen molar-refractivity contribution in [3.8, 4) is 0 Å². The van der Waals surface area contributed by atoms with Crippen LogP contribution >= 0.6 is 0 Å². The molecule has 5 heteroatoms. The van der Waals surface area contributed by atoms with E-state index in [4.69, 9.17) is 19.0 Å². The van der Waals surface area contributed by atoms with Crippen molar-refractivity contribution >= 4 is 0 Å². The fourth-order valence-corrected chi connectivity index (χ4v) is 0. The third kappa shape index (κ3) is 47300. The summed E-state index contributed by atoms with van der Waals surface area (Å²) in [5.74, 6) is 0. The Morgan fingerprint density at radius 1 is 0.529 bits per heavy atom. The summed E-state index contributed by atoms with van der Waals surface area (Å²) >= 11 is 1.06. The van der Waals surface area contributed by atoms with E-state index in [2.05, 4.69) is 0 Å². The molecule has 0 saturated heterocycles. The molecule has 0 atom stereocenters. The van der Waals surface area contributed by atoms with Crippen LogP contribution in [0.2, 0.25) is 0 Å². The molecule has 0 amide bonds. The van der Waals surface area contributed by atoms with Crippen LogP contribution in [0.4, 0.5) is 0 Å². The second-order valence-corrected chi connectivity index (χ2v) is 6.51. The van der Waals surface area contributed by atoms with E-state index in [1.807, 2.05) is 0 Å². The molecule has 0 fully saturated rings. The average molecular weight is 289 g/mol. The van der Waals surface area contributed by atoms with E-state index in [0.29, 0.717) is 0 Å². The van der Waals surface area contributed by atoms with Gasteiger partial charge in [0.15, 0.2) is 0 Å². The second-order valence-electron chi connectivity index (χ2n) is 6.51. The van der Waals surface area contributed by atoms with Crippen LogP contribution in [0.1, 0.15) is 62.3 Å². The molecule has 17 heavy (non-hydrogen) atoms. The van der Waals surface area contributed by atoms with Gasteiger partial charge in [0.25, 0.3) is 0 Å². The van der Waals surface area contributed by atoms with E-state index in [1.165, 1.54) is 0 Å². The van der Waals surface area contributed by atoms with Crippen LogP contribution in [0, 0.1) is 0 Å². The molecule has 0 unspecified atom stereocenters. The van der Waals surface area contributed by atoms with Crippen LogP contribution in [-0.2, 0) is 21.0 Å². The molecule has 0 aliphatic heterocycles. The Kier molecular flexibility index (Phi) is 17.3. The van der Waals surface area contributed by atoms with Crippen molar-refractivity contribution in [1.82, 2.24) is 0 Å². The van der Waals surface area contributed by atoms with Crippen molar-refractivity contribution in [3.63, 3.8) is 0 Å². The summed E-state index contributed by atoms with van der Waals surface area (Å²) in [4.78, 5) is 0. The third-order valence-electron chi connectivity index (χ3n) is 0. The van der Waals surface area contributed by atoms with E-state index in [9.17, 15) is 0 Å². The summed E-state index contributed by atoms with van der Waals surface area (Å²) in [7, 11) is 0. The zero-order valence-corrected chi connectivity index (χ0v) is 14.1. The van der Waals surface area contributed by atoms with Crippen molar-refractivity contribution in [2.24, 2.45) is 0 Å². The van der Waals surface area contributed by atoms with Crippen LogP contribution in [0.25, 0.3) is 0 Å². The summed E-state index contributed by atoms with van der Waals surface area (Å²) in [6, 6.07) is 0. The first-order valence-corrected chi connectivity index (χ1v) is 5.92. The Morgan fingerprint density at radius 3 is 0.529 bits per heavy atom. The van der Waals surface area contributed by atoms with Crippen LogP contribution in [0.15, 0.2) is 0 Å². The summed E-state index contributed by atoms with van der Waals surface area (Å²) in [5.41, 5.74) is -1.50. The molecule has 0 aromatic heterocycles. The Hall–Kier alpha value is 0.264. The zero-order chi connectivity index (χ0) is 15.5. The molecule has 107 valence electrons. The molecule has 0 aliphatic rings. The minimum atomic E-state index is -0.500. The predicted molar refractivity (Wildman–Crippen MR) is 66.6 cm³/mol. The van der Waals surface area contributed by atoms with Gasteiger partial charge in [-0.25, -0.2) is 0 Å². The first-order valence-electron chi connectivity index (χ1n) is 5.35. The normalized spacial score (nSPS) is 10.8. The van der Waals surface area contributed by atoms with E-state index in [1.54, 1.807) is 62.3 Å². The Labute approximate surface area is 116 Å². The first-order chi connectivity index (χ1) is 7.00. The maximum atomic E-state index is 8.52. The van der Waals surface area contributed by atoms with Gasteiger partial charge in [-0.2, -0.15) is 0 Å². The fraction of sp³-hybridized carbons (Fsp3) is 1.00. The van der Waals surface area contributed by atoms with Gasteiger partial charge in [0.1, 0.15) is 0 Å². The molecule has 0 spiro atoms. The predicted octanol–water partition coefficient (Wildman–Crippen LogP) is 2.21.